The van der Waals surface area contributed by atoms with E-state index in [1.165, 1.54) is 0 Å². The van der Waals surface area contributed by atoms with E-state index in [2.05, 4.69) is 22.2 Å². The maximum atomic E-state index is 12.7. The number of benzene rings is 3. The van der Waals surface area contributed by atoms with Gasteiger partial charge in [0.25, 0.3) is 0 Å². The van der Waals surface area contributed by atoms with E-state index in [9.17, 15) is 14.7 Å². The van der Waals surface area contributed by atoms with Crippen LogP contribution in [0.1, 0.15) is 60.8 Å². The smallest absolute Gasteiger partial charge is 0.335 e. The molecule has 1 heterocycles. The minimum atomic E-state index is -1.03. The van der Waals surface area contributed by atoms with Crippen LogP contribution in [0.2, 0.25) is 0 Å². The van der Waals surface area contributed by atoms with Crippen molar-refractivity contribution in [1.82, 2.24) is 4.98 Å². The highest BCUT2D eigenvalue weighted by Crippen LogP contribution is 2.21. The average molecular weight is 552 g/mol. The van der Waals surface area contributed by atoms with E-state index in [1.54, 1.807) is 36.7 Å². The molecule has 41 heavy (non-hydrogen) atoms. The SMILES string of the molecule is CC=N/C=C\C.CCCCc1ccc(C(=O)O)c(CC(=O)Nc2cccc(OCc3ccc4ccccc4n3)c2)c1. The predicted octanol–water partition coefficient (Wildman–Crippen LogP) is 7.65. The molecule has 0 spiro atoms. The summed E-state index contributed by atoms with van der Waals surface area (Å²) in [6.07, 6.45) is 8.29. The lowest BCUT2D eigenvalue weighted by Gasteiger charge is -2.11. The molecular weight excluding hydrogens is 514 g/mol. The monoisotopic (exact) mass is 551 g/mol. The molecule has 1 aromatic heterocycles. The van der Waals surface area contributed by atoms with Gasteiger partial charge in [-0.25, -0.2) is 9.78 Å². The molecule has 4 rings (SSSR count). The second-order valence-electron chi connectivity index (χ2n) is 9.33. The fourth-order valence-corrected chi connectivity index (χ4v) is 4.10. The number of nitrogens with one attached hydrogen (secondary N) is 1. The van der Waals surface area contributed by atoms with Gasteiger partial charge in [-0.1, -0.05) is 61.9 Å². The first-order valence-corrected chi connectivity index (χ1v) is 13.7. The van der Waals surface area contributed by atoms with Crippen LogP contribution >= 0.6 is 0 Å². The zero-order valence-corrected chi connectivity index (χ0v) is 23.8. The molecule has 0 atom stereocenters. The van der Waals surface area contributed by atoms with Gasteiger partial charge in [0.2, 0.25) is 5.91 Å². The van der Waals surface area contributed by atoms with Crippen LogP contribution in [0.15, 0.2) is 96.1 Å². The number of nitrogens with zero attached hydrogens (tertiary/aromatic N) is 2. The first-order chi connectivity index (χ1) is 19.9. The number of carbonyl (C=O) groups excluding carboxylic acids is 1. The highest BCUT2D eigenvalue weighted by atomic mass is 16.5. The quantitative estimate of drug-likeness (QED) is 0.187. The van der Waals surface area contributed by atoms with E-state index in [1.807, 2.05) is 74.5 Å². The summed E-state index contributed by atoms with van der Waals surface area (Å²) in [7, 11) is 0. The van der Waals surface area contributed by atoms with Gasteiger partial charge in [0.05, 0.1) is 23.2 Å². The number of fused-ring (bicyclic) bond motifs is 1. The molecule has 0 unspecified atom stereocenters. The number of carbonyl (C=O) groups is 2. The van der Waals surface area contributed by atoms with Gasteiger partial charge in [-0.3, -0.25) is 9.79 Å². The van der Waals surface area contributed by atoms with Gasteiger partial charge >= 0.3 is 5.97 Å². The lowest BCUT2D eigenvalue weighted by atomic mass is 9.98. The van der Waals surface area contributed by atoms with Crippen molar-refractivity contribution < 1.29 is 19.4 Å². The number of unbranched alkanes of at least 4 members (excludes halogenated alkanes) is 1. The van der Waals surface area contributed by atoms with Crippen molar-refractivity contribution in [3.05, 3.63) is 114 Å². The number of rotatable bonds is 11. The number of amides is 1. The van der Waals surface area contributed by atoms with E-state index in [4.69, 9.17) is 4.74 Å². The maximum Gasteiger partial charge on any atom is 0.335 e. The Morgan fingerprint density at radius 3 is 2.56 bits per heavy atom. The van der Waals surface area contributed by atoms with Gasteiger partial charge in [0.15, 0.2) is 0 Å². The molecule has 212 valence electrons. The van der Waals surface area contributed by atoms with E-state index >= 15 is 0 Å². The number of pyridine rings is 1. The Kier molecular flexibility index (Phi) is 12.3. The lowest BCUT2D eigenvalue weighted by Crippen LogP contribution is -2.17. The minimum absolute atomic E-state index is 0.0201. The van der Waals surface area contributed by atoms with Gasteiger partial charge in [-0.2, -0.15) is 0 Å². The van der Waals surface area contributed by atoms with Crippen LogP contribution in [-0.4, -0.2) is 28.2 Å². The molecule has 0 radical (unpaired) electrons. The summed E-state index contributed by atoms with van der Waals surface area (Å²) in [5.41, 5.74) is 4.01. The molecular formula is C34H37N3O4. The number of aromatic nitrogens is 1. The largest absolute Gasteiger partial charge is 0.487 e. The molecule has 0 saturated heterocycles. The van der Waals surface area contributed by atoms with Crippen LogP contribution in [0.3, 0.4) is 0 Å². The van der Waals surface area contributed by atoms with Crippen molar-refractivity contribution in [3.63, 3.8) is 0 Å². The second kappa shape index (κ2) is 16.4. The molecule has 0 aliphatic heterocycles. The number of aliphatic imine (C=N–C) groups is 1. The number of aromatic carboxylic acids is 1. The molecule has 1 amide bonds. The molecule has 0 saturated carbocycles. The summed E-state index contributed by atoms with van der Waals surface area (Å²) >= 11 is 0. The highest BCUT2D eigenvalue weighted by Gasteiger charge is 2.14. The molecule has 2 N–H and O–H groups in total. The summed E-state index contributed by atoms with van der Waals surface area (Å²) in [5.74, 6) is -0.716. The van der Waals surface area contributed by atoms with E-state index in [0.29, 0.717) is 23.6 Å². The van der Waals surface area contributed by atoms with Crippen molar-refractivity contribution in [2.75, 3.05) is 5.32 Å². The molecule has 0 bridgehead atoms. The van der Waals surface area contributed by atoms with E-state index < -0.39 is 5.97 Å². The Bertz CT molecular complexity index is 1500. The first-order valence-electron chi connectivity index (χ1n) is 13.7. The Labute approximate surface area is 241 Å². The summed E-state index contributed by atoms with van der Waals surface area (Å²) in [5, 5.41) is 13.5. The molecule has 0 aliphatic rings. The van der Waals surface area contributed by atoms with Gasteiger partial charge in [-0.05, 0) is 68.1 Å². The van der Waals surface area contributed by atoms with Gasteiger partial charge in [0.1, 0.15) is 12.4 Å². The van der Waals surface area contributed by atoms with Crippen molar-refractivity contribution in [3.8, 4) is 5.75 Å². The van der Waals surface area contributed by atoms with Gasteiger partial charge < -0.3 is 15.2 Å². The maximum absolute atomic E-state index is 12.7. The Morgan fingerprint density at radius 1 is 1.00 bits per heavy atom. The third kappa shape index (κ3) is 10.0. The number of carboxylic acids is 1. The molecule has 3 aromatic carbocycles. The number of ether oxygens (including phenoxy) is 1. The third-order valence-electron chi connectivity index (χ3n) is 6.11. The standard InChI is InChI=1S/C29H28N2O4.C5H9N/c1-2-3-7-20-12-15-26(29(33)34)22(16-20)17-28(32)31-23-9-6-10-25(18-23)35-19-24-14-13-21-8-4-5-11-27(21)30-24;1-3-5-6-4-2/h4-6,8-16,18H,2-3,7,17,19H2,1H3,(H,31,32)(H,33,34);3-5H,1-2H3/b;5-3-,6-4?. The lowest BCUT2D eigenvalue weighted by molar-refractivity contribution is -0.115. The summed E-state index contributed by atoms with van der Waals surface area (Å²) in [6, 6.07) is 24.2. The zero-order valence-electron chi connectivity index (χ0n) is 23.8. The number of anilines is 1. The normalized spacial score (nSPS) is 10.9. The van der Waals surface area contributed by atoms with Crippen molar-refractivity contribution >= 4 is 34.7 Å². The number of carboxylic acid groups (broad SMARTS) is 1. The topological polar surface area (TPSA) is 101 Å². The van der Waals surface area contributed by atoms with E-state index in [-0.39, 0.29) is 17.9 Å². The molecule has 7 nitrogen and oxygen atoms in total. The Hall–Kier alpha value is -4.78. The van der Waals surface area contributed by atoms with Crippen molar-refractivity contribution in [1.29, 1.82) is 0 Å². The zero-order chi connectivity index (χ0) is 29.5. The fraction of sp³-hybridized carbons (Fsp3) is 0.235. The number of hydrogen-bond donors (Lipinski definition) is 2. The number of allylic oxidation sites excluding steroid dienone is 1. The highest BCUT2D eigenvalue weighted by molar-refractivity contribution is 5.96. The third-order valence-corrected chi connectivity index (χ3v) is 6.11. The minimum Gasteiger partial charge on any atom is -0.487 e. The predicted molar refractivity (Wildman–Crippen MR) is 166 cm³/mol. The van der Waals surface area contributed by atoms with Crippen LogP contribution < -0.4 is 10.1 Å². The fourth-order valence-electron chi connectivity index (χ4n) is 4.10. The Balaban J connectivity index is 0.000000696. The van der Waals surface area contributed by atoms with E-state index in [0.717, 1.165) is 41.4 Å². The van der Waals surface area contributed by atoms with Crippen LogP contribution in [0.5, 0.6) is 5.75 Å². The number of para-hydroxylation sites is 1. The average Bonchev–Trinajstić information content (AvgIpc) is 2.98. The molecule has 4 aromatic rings. The van der Waals surface area contributed by atoms with Crippen molar-refractivity contribution in [2.45, 2.75) is 53.1 Å². The van der Waals surface area contributed by atoms with Gasteiger partial charge in [0, 0.05) is 29.6 Å². The van der Waals surface area contributed by atoms with Crippen molar-refractivity contribution in [2.24, 2.45) is 4.99 Å². The van der Waals surface area contributed by atoms with Gasteiger partial charge in [-0.15, -0.1) is 0 Å². The second-order valence-corrected chi connectivity index (χ2v) is 9.33. The number of aryl methyl sites for hydroxylation is 1. The van der Waals surface area contributed by atoms with Crippen LogP contribution in [-0.2, 0) is 24.2 Å². The Morgan fingerprint density at radius 2 is 1.83 bits per heavy atom. The molecule has 0 aliphatic carbocycles. The molecule has 0 fully saturated rings. The summed E-state index contributed by atoms with van der Waals surface area (Å²) in [4.78, 5) is 32.8. The van der Waals surface area contributed by atoms with Crippen LogP contribution in [0.25, 0.3) is 10.9 Å². The van der Waals surface area contributed by atoms with Crippen LogP contribution in [0.4, 0.5) is 5.69 Å². The van der Waals surface area contributed by atoms with Crippen LogP contribution in [0, 0.1) is 0 Å². The number of hydrogen-bond acceptors (Lipinski definition) is 5. The first kappa shape index (κ1) is 30.8. The molecule has 7 heteroatoms. The summed E-state index contributed by atoms with van der Waals surface area (Å²) < 4.78 is 5.89. The summed E-state index contributed by atoms with van der Waals surface area (Å²) in [6.45, 7) is 6.23.